The lowest BCUT2D eigenvalue weighted by molar-refractivity contribution is -0.125. The molecule has 0 saturated heterocycles. The number of fused-ring (bicyclic) bond motifs is 1. The van der Waals surface area contributed by atoms with Gasteiger partial charge in [0.2, 0.25) is 0 Å². The third-order valence-electron chi connectivity index (χ3n) is 5.34. The quantitative estimate of drug-likeness (QED) is 0.659. The number of hydrogen-bond acceptors (Lipinski definition) is 5. The number of halogens is 2. The highest BCUT2D eigenvalue weighted by Crippen LogP contribution is 2.39. The van der Waals surface area contributed by atoms with Crippen molar-refractivity contribution in [3.8, 4) is 17.2 Å². The topological polar surface area (TPSA) is 63.3 Å². The van der Waals surface area contributed by atoms with Crippen molar-refractivity contribution in [2.45, 2.75) is 19.6 Å². The number of allylic oxidation sites excluding steroid dienone is 1. The molecule has 33 heavy (non-hydrogen) atoms. The standard InChI is InChI=1S/C23H23F2N3O4S/c1-13-19(21(29)27(2)3)20(14-4-7-16(8-5-14)32-22(24)25)26-23(33)28(13)15-6-9-17-18(12-15)31-11-10-30-17/h4-9,12,20,22H,10-11H2,1-3H3,(H,26,33). The zero-order valence-corrected chi connectivity index (χ0v) is 19.1. The monoisotopic (exact) mass is 475 g/mol. The molecule has 1 amide bonds. The molecular formula is C23H23F2N3O4S. The minimum Gasteiger partial charge on any atom is -0.486 e. The molecule has 2 aromatic carbocycles. The SMILES string of the molecule is CC1=C(C(=O)N(C)C)C(c2ccc(OC(F)F)cc2)NC(=S)N1c1ccc2c(c1)OCCO2. The fourth-order valence-electron chi connectivity index (χ4n) is 3.83. The average Bonchev–Trinajstić information content (AvgIpc) is 2.78. The maximum atomic E-state index is 13.2. The molecule has 0 bridgehead atoms. The van der Waals surface area contributed by atoms with E-state index in [1.807, 2.05) is 19.1 Å². The fourth-order valence-corrected chi connectivity index (χ4v) is 4.19. The maximum Gasteiger partial charge on any atom is 0.387 e. The van der Waals surface area contributed by atoms with Gasteiger partial charge in [-0.2, -0.15) is 8.78 Å². The Bertz CT molecular complexity index is 1110. The van der Waals surface area contributed by atoms with Crippen LogP contribution >= 0.6 is 12.2 Å². The van der Waals surface area contributed by atoms with E-state index in [9.17, 15) is 13.6 Å². The Hall–Kier alpha value is -3.40. The largest absolute Gasteiger partial charge is 0.486 e. The van der Waals surface area contributed by atoms with Gasteiger partial charge in [-0.05, 0) is 49.0 Å². The van der Waals surface area contributed by atoms with Crippen molar-refractivity contribution < 1.29 is 27.8 Å². The van der Waals surface area contributed by atoms with Crippen molar-refractivity contribution in [2.24, 2.45) is 0 Å². The molecule has 2 aliphatic heterocycles. The Morgan fingerprint density at radius 3 is 2.45 bits per heavy atom. The van der Waals surface area contributed by atoms with Crippen LogP contribution in [-0.4, -0.2) is 49.8 Å². The number of benzene rings is 2. The number of carbonyl (C=O) groups excluding carboxylic acids is 1. The Morgan fingerprint density at radius 1 is 1.15 bits per heavy atom. The van der Waals surface area contributed by atoms with Crippen LogP contribution in [0.1, 0.15) is 18.5 Å². The van der Waals surface area contributed by atoms with Gasteiger partial charge >= 0.3 is 6.61 Å². The van der Waals surface area contributed by atoms with E-state index in [1.165, 1.54) is 17.0 Å². The van der Waals surface area contributed by atoms with E-state index in [1.54, 1.807) is 37.2 Å². The van der Waals surface area contributed by atoms with Crippen LogP contribution in [0.25, 0.3) is 0 Å². The number of alkyl halides is 2. The van der Waals surface area contributed by atoms with Gasteiger partial charge in [-0.25, -0.2) is 0 Å². The molecule has 0 saturated carbocycles. The molecule has 0 aromatic heterocycles. The van der Waals surface area contributed by atoms with Crippen LogP contribution in [0.4, 0.5) is 14.5 Å². The van der Waals surface area contributed by atoms with Crippen molar-refractivity contribution in [3.63, 3.8) is 0 Å². The van der Waals surface area contributed by atoms with E-state index < -0.39 is 12.7 Å². The first kappa shape index (κ1) is 22.8. The smallest absolute Gasteiger partial charge is 0.387 e. The maximum absolute atomic E-state index is 13.2. The van der Waals surface area contributed by atoms with Crippen molar-refractivity contribution in [2.75, 3.05) is 32.2 Å². The van der Waals surface area contributed by atoms with E-state index in [4.69, 9.17) is 21.7 Å². The lowest BCUT2D eigenvalue weighted by Crippen LogP contribution is -2.49. The van der Waals surface area contributed by atoms with Crippen molar-refractivity contribution in [1.82, 2.24) is 10.2 Å². The summed E-state index contributed by atoms with van der Waals surface area (Å²) < 4.78 is 40.8. The number of amides is 1. The highest BCUT2D eigenvalue weighted by Gasteiger charge is 2.35. The molecule has 174 valence electrons. The molecular weight excluding hydrogens is 452 g/mol. The molecule has 0 aliphatic carbocycles. The van der Waals surface area contributed by atoms with E-state index >= 15 is 0 Å². The number of rotatable bonds is 5. The first-order valence-electron chi connectivity index (χ1n) is 10.2. The number of nitrogens with zero attached hydrogens (tertiary/aromatic N) is 2. The lowest BCUT2D eigenvalue weighted by Gasteiger charge is -2.38. The Labute approximate surface area is 195 Å². The van der Waals surface area contributed by atoms with Crippen molar-refractivity contribution in [3.05, 3.63) is 59.3 Å². The number of carbonyl (C=O) groups is 1. The number of nitrogens with one attached hydrogen (secondary N) is 1. The summed E-state index contributed by atoms with van der Waals surface area (Å²) in [7, 11) is 3.33. The summed E-state index contributed by atoms with van der Waals surface area (Å²) in [6.07, 6.45) is 0. The summed E-state index contributed by atoms with van der Waals surface area (Å²) in [5, 5.41) is 3.62. The van der Waals surface area contributed by atoms with Gasteiger partial charge in [0.05, 0.1) is 17.3 Å². The Balaban J connectivity index is 1.75. The van der Waals surface area contributed by atoms with Crippen LogP contribution in [0.5, 0.6) is 17.2 Å². The van der Waals surface area contributed by atoms with Gasteiger partial charge in [0.15, 0.2) is 16.6 Å². The van der Waals surface area contributed by atoms with Crippen LogP contribution in [0, 0.1) is 0 Å². The van der Waals surface area contributed by atoms with Crippen LogP contribution in [0.2, 0.25) is 0 Å². The number of anilines is 1. The molecule has 7 nitrogen and oxygen atoms in total. The molecule has 1 unspecified atom stereocenters. The molecule has 2 aromatic rings. The summed E-state index contributed by atoms with van der Waals surface area (Å²) >= 11 is 5.67. The van der Waals surface area contributed by atoms with E-state index in [-0.39, 0.29) is 11.7 Å². The van der Waals surface area contributed by atoms with Crippen LogP contribution in [0.3, 0.4) is 0 Å². The minimum atomic E-state index is -2.91. The van der Waals surface area contributed by atoms with E-state index in [2.05, 4.69) is 10.1 Å². The molecule has 10 heteroatoms. The molecule has 0 fully saturated rings. The fraction of sp³-hybridized carbons (Fsp3) is 0.304. The van der Waals surface area contributed by atoms with Gasteiger partial charge in [0.25, 0.3) is 5.91 Å². The predicted molar refractivity (Wildman–Crippen MR) is 123 cm³/mol. The Kier molecular flexibility index (Phi) is 6.37. The van der Waals surface area contributed by atoms with Crippen molar-refractivity contribution >= 4 is 28.9 Å². The molecule has 2 heterocycles. The zero-order chi connectivity index (χ0) is 23.7. The van der Waals surface area contributed by atoms with Gasteiger partial charge in [0.1, 0.15) is 19.0 Å². The van der Waals surface area contributed by atoms with E-state index in [0.717, 1.165) is 5.69 Å². The molecule has 4 rings (SSSR count). The summed E-state index contributed by atoms with van der Waals surface area (Å²) in [6, 6.07) is 11.0. The molecule has 0 radical (unpaired) electrons. The Morgan fingerprint density at radius 2 is 1.82 bits per heavy atom. The number of hydrogen-bond donors (Lipinski definition) is 1. The van der Waals surface area contributed by atoms with Crippen molar-refractivity contribution in [1.29, 1.82) is 0 Å². The van der Waals surface area contributed by atoms with Gasteiger partial charge in [-0.3, -0.25) is 9.69 Å². The normalized spacial score (nSPS) is 17.7. The zero-order valence-electron chi connectivity index (χ0n) is 18.3. The number of ether oxygens (including phenoxy) is 3. The van der Waals surface area contributed by atoms with Gasteiger partial charge in [0, 0.05) is 25.9 Å². The predicted octanol–water partition coefficient (Wildman–Crippen LogP) is 3.86. The third kappa shape index (κ3) is 4.56. The summed E-state index contributed by atoms with van der Waals surface area (Å²) in [6.45, 7) is -0.156. The summed E-state index contributed by atoms with van der Waals surface area (Å²) in [5.74, 6) is 1.08. The lowest BCUT2D eigenvalue weighted by atomic mass is 9.93. The highest BCUT2D eigenvalue weighted by molar-refractivity contribution is 7.80. The number of thiocarbonyl (C=S) groups is 1. The second-order valence-corrected chi connectivity index (χ2v) is 8.08. The molecule has 0 spiro atoms. The third-order valence-corrected chi connectivity index (χ3v) is 5.64. The number of likely N-dealkylation sites (N-methyl/N-ethyl adjacent to an activating group) is 1. The molecule has 2 aliphatic rings. The van der Waals surface area contributed by atoms with Crippen LogP contribution in [-0.2, 0) is 4.79 Å². The van der Waals surface area contributed by atoms with Gasteiger partial charge in [-0.15, -0.1) is 0 Å². The van der Waals surface area contributed by atoms with Gasteiger partial charge in [-0.1, -0.05) is 12.1 Å². The summed E-state index contributed by atoms with van der Waals surface area (Å²) in [5.41, 5.74) is 2.53. The first-order chi connectivity index (χ1) is 15.8. The first-order valence-corrected chi connectivity index (χ1v) is 10.6. The summed E-state index contributed by atoms with van der Waals surface area (Å²) in [4.78, 5) is 16.5. The second kappa shape index (κ2) is 9.22. The van der Waals surface area contributed by atoms with Gasteiger partial charge < -0.3 is 24.4 Å². The minimum absolute atomic E-state index is 0.0335. The molecule has 1 N–H and O–H groups in total. The average molecular weight is 476 g/mol. The van der Waals surface area contributed by atoms with E-state index in [0.29, 0.717) is 46.7 Å². The highest BCUT2D eigenvalue weighted by atomic mass is 32.1. The second-order valence-electron chi connectivity index (χ2n) is 7.69. The molecule has 1 atom stereocenters. The van der Waals surface area contributed by atoms with Crippen LogP contribution in [0.15, 0.2) is 53.7 Å². The van der Waals surface area contributed by atoms with Crippen LogP contribution < -0.4 is 24.4 Å².